The molecular weight excluding hydrogens is 194 g/mol. The van der Waals surface area contributed by atoms with Crippen LogP contribution in [-0.4, -0.2) is 19.3 Å². The Morgan fingerprint density at radius 1 is 1.40 bits per heavy atom. The van der Waals surface area contributed by atoms with Gasteiger partial charge >= 0.3 is 0 Å². The van der Waals surface area contributed by atoms with Gasteiger partial charge in [-0.1, -0.05) is 18.2 Å². The zero-order valence-corrected chi connectivity index (χ0v) is 8.52. The molecule has 4 nitrogen and oxygen atoms in total. The van der Waals surface area contributed by atoms with Crippen LogP contribution in [0.3, 0.4) is 0 Å². The molecule has 1 heterocycles. The van der Waals surface area contributed by atoms with Gasteiger partial charge in [0.15, 0.2) is 0 Å². The zero-order valence-electron chi connectivity index (χ0n) is 8.52. The number of ether oxygens (including phenoxy) is 2. The van der Waals surface area contributed by atoms with Gasteiger partial charge in [0.25, 0.3) is 0 Å². The molecule has 0 bridgehead atoms. The zero-order chi connectivity index (χ0) is 10.5. The van der Waals surface area contributed by atoms with Crippen LogP contribution in [0.1, 0.15) is 12.0 Å². The van der Waals surface area contributed by atoms with Gasteiger partial charge < -0.3 is 9.47 Å². The van der Waals surface area contributed by atoms with Crippen molar-refractivity contribution in [3.05, 3.63) is 29.8 Å². The maximum atomic E-state index is 5.80. The van der Waals surface area contributed by atoms with Gasteiger partial charge in [-0.3, -0.25) is 4.84 Å². The summed E-state index contributed by atoms with van der Waals surface area (Å²) in [5.41, 5.74) is 0.965. The van der Waals surface area contributed by atoms with Gasteiger partial charge in [-0.15, -0.1) is 0 Å². The predicted octanol–water partition coefficient (Wildman–Crippen LogP) is 1.24. The fourth-order valence-electron chi connectivity index (χ4n) is 1.61. The lowest BCUT2D eigenvalue weighted by Crippen LogP contribution is -2.17. The average molecular weight is 209 g/mol. The van der Waals surface area contributed by atoms with E-state index in [1.165, 1.54) is 0 Å². The molecule has 1 aromatic carbocycles. The van der Waals surface area contributed by atoms with Crippen molar-refractivity contribution in [2.75, 3.05) is 13.2 Å². The molecule has 1 aliphatic rings. The maximum Gasteiger partial charge on any atom is 0.125 e. The Morgan fingerprint density at radius 2 is 2.27 bits per heavy atom. The monoisotopic (exact) mass is 209 g/mol. The SMILES string of the molecule is NOCc1ccccc1OC1CCOC1. The van der Waals surface area contributed by atoms with E-state index < -0.39 is 0 Å². The number of benzene rings is 1. The van der Waals surface area contributed by atoms with Gasteiger partial charge in [-0.2, -0.15) is 0 Å². The highest BCUT2D eigenvalue weighted by Gasteiger charge is 2.18. The van der Waals surface area contributed by atoms with Gasteiger partial charge in [-0.25, -0.2) is 5.90 Å². The fourth-order valence-corrected chi connectivity index (χ4v) is 1.61. The number of para-hydroxylation sites is 1. The molecule has 0 aliphatic carbocycles. The second kappa shape index (κ2) is 5.11. The van der Waals surface area contributed by atoms with Gasteiger partial charge in [0.1, 0.15) is 11.9 Å². The normalized spacial score (nSPS) is 20.5. The van der Waals surface area contributed by atoms with Gasteiger partial charge in [0.05, 0.1) is 19.8 Å². The average Bonchev–Trinajstić information content (AvgIpc) is 2.74. The summed E-state index contributed by atoms with van der Waals surface area (Å²) in [6.07, 6.45) is 1.10. The Balaban J connectivity index is 2.05. The maximum absolute atomic E-state index is 5.80. The second-order valence-electron chi connectivity index (χ2n) is 3.52. The standard InChI is InChI=1S/C11H15NO3/c12-14-7-9-3-1-2-4-11(9)15-10-5-6-13-8-10/h1-4,10H,5-8,12H2. The third-order valence-electron chi connectivity index (χ3n) is 2.39. The Bertz CT molecular complexity index is 310. The molecule has 0 spiro atoms. The summed E-state index contributed by atoms with van der Waals surface area (Å²) in [7, 11) is 0. The highest BCUT2D eigenvalue weighted by molar-refractivity contribution is 5.32. The lowest BCUT2D eigenvalue weighted by molar-refractivity contribution is 0.114. The van der Waals surface area contributed by atoms with Crippen molar-refractivity contribution >= 4 is 0 Å². The third kappa shape index (κ3) is 2.68. The van der Waals surface area contributed by atoms with Gasteiger partial charge in [-0.05, 0) is 6.07 Å². The summed E-state index contributed by atoms with van der Waals surface area (Å²) in [5.74, 6) is 5.89. The molecule has 2 N–H and O–H groups in total. The van der Waals surface area contributed by atoms with Crippen molar-refractivity contribution in [1.82, 2.24) is 0 Å². The molecule has 2 rings (SSSR count). The summed E-state index contributed by atoms with van der Waals surface area (Å²) in [6, 6.07) is 7.74. The summed E-state index contributed by atoms with van der Waals surface area (Å²) < 4.78 is 11.0. The smallest absolute Gasteiger partial charge is 0.125 e. The minimum Gasteiger partial charge on any atom is -0.488 e. The number of rotatable bonds is 4. The molecule has 82 valence electrons. The minimum absolute atomic E-state index is 0.156. The molecule has 1 unspecified atom stereocenters. The van der Waals surface area contributed by atoms with Crippen molar-refractivity contribution in [2.45, 2.75) is 19.1 Å². The second-order valence-corrected chi connectivity index (χ2v) is 3.52. The van der Waals surface area contributed by atoms with Crippen LogP contribution in [0.4, 0.5) is 0 Å². The lowest BCUT2D eigenvalue weighted by Gasteiger charge is -2.14. The van der Waals surface area contributed by atoms with Crippen LogP contribution in [0.25, 0.3) is 0 Å². The van der Waals surface area contributed by atoms with E-state index >= 15 is 0 Å². The van der Waals surface area contributed by atoms with Crippen molar-refractivity contribution in [3.8, 4) is 5.75 Å². The van der Waals surface area contributed by atoms with E-state index in [0.29, 0.717) is 13.2 Å². The van der Waals surface area contributed by atoms with E-state index in [1.54, 1.807) is 0 Å². The first-order chi connectivity index (χ1) is 7.40. The number of hydrogen-bond acceptors (Lipinski definition) is 4. The Morgan fingerprint density at radius 3 is 3.00 bits per heavy atom. The highest BCUT2D eigenvalue weighted by Crippen LogP contribution is 2.22. The van der Waals surface area contributed by atoms with E-state index in [0.717, 1.165) is 24.3 Å². The fraction of sp³-hybridized carbons (Fsp3) is 0.455. The molecule has 0 radical (unpaired) electrons. The van der Waals surface area contributed by atoms with E-state index in [-0.39, 0.29) is 6.10 Å². The van der Waals surface area contributed by atoms with E-state index in [4.69, 9.17) is 15.4 Å². The molecule has 0 saturated carbocycles. The number of hydrogen-bond donors (Lipinski definition) is 1. The van der Waals surface area contributed by atoms with Crippen molar-refractivity contribution in [2.24, 2.45) is 5.90 Å². The molecule has 1 aromatic rings. The lowest BCUT2D eigenvalue weighted by atomic mass is 10.2. The summed E-state index contributed by atoms with van der Waals surface area (Å²) in [6.45, 7) is 1.81. The first-order valence-electron chi connectivity index (χ1n) is 5.04. The molecule has 4 heteroatoms. The predicted molar refractivity (Wildman–Crippen MR) is 55.3 cm³/mol. The van der Waals surface area contributed by atoms with Gasteiger partial charge in [0.2, 0.25) is 0 Å². The number of nitrogens with two attached hydrogens (primary N) is 1. The van der Waals surface area contributed by atoms with Crippen LogP contribution in [0.5, 0.6) is 5.75 Å². The summed E-state index contributed by atoms with van der Waals surface area (Å²) in [4.78, 5) is 4.62. The van der Waals surface area contributed by atoms with Crippen molar-refractivity contribution in [3.63, 3.8) is 0 Å². The van der Waals surface area contributed by atoms with E-state index in [1.807, 2.05) is 24.3 Å². The van der Waals surface area contributed by atoms with Crippen molar-refractivity contribution < 1.29 is 14.3 Å². The molecule has 15 heavy (non-hydrogen) atoms. The van der Waals surface area contributed by atoms with Crippen LogP contribution in [-0.2, 0) is 16.2 Å². The van der Waals surface area contributed by atoms with Crippen molar-refractivity contribution in [1.29, 1.82) is 0 Å². The van der Waals surface area contributed by atoms with E-state index in [2.05, 4.69) is 4.84 Å². The Hall–Kier alpha value is -1.10. The molecule has 1 saturated heterocycles. The van der Waals surface area contributed by atoms with Crippen LogP contribution in [0.2, 0.25) is 0 Å². The highest BCUT2D eigenvalue weighted by atomic mass is 16.6. The van der Waals surface area contributed by atoms with E-state index in [9.17, 15) is 0 Å². The first-order valence-corrected chi connectivity index (χ1v) is 5.04. The molecule has 0 amide bonds. The largest absolute Gasteiger partial charge is 0.488 e. The Kier molecular flexibility index (Phi) is 3.55. The van der Waals surface area contributed by atoms with Crippen LogP contribution in [0.15, 0.2) is 24.3 Å². The quantitative estimate of drug-likeness (QED) is 0.758. The molecule has 1 aliphatic heterocycles. The topological polar surface area (TPSA) is 53.7 Å². The van der Waals surface area contributed by atoms with Gasteiger partial charge in [0, 0.05) is 12.0 Å². The molecule has 0 aromatic heterocycles. The molecule has 1 fully saturated rings. The third-order valence-corrected chi connectivity index (χ3v) is 2.39. The molecular formula is C11H15NO3. The summed E-state index contributed by atoms with van der Waals surface area (Å²) >= 11 is 0. The Labute approximate surface area is 88.9 Å². The molecule has 1 atom stereocenters. The first kappa shape index (κ1) is 10.4. The summed E-state index contributed by atoms with van der Waals surface area (Å²) in [5, 5.41) is 0. The van der Waals surface area contributed by atoms with Crippen LogP contribution < -0.4 is 10.6 Å². The van der Waals surface area contributed by atoms with Crippen LogP contribution in [0, 0.1) is 0 Å². The minimum atomic E-state index is 0.156. The van der Waals surface area contributed by atoms with Crippen LogP contribution >= 0.6 is 0 Å².